The van der Waals surface area contributed by atoms with Gasteiger partial charge in [-0.05, 0) is 43.2 Å². The highest BCUT2D eigenvalue weighted by Gasteiger charge is 2.54. The van der Waals surface area contributed by atoms with Crippen LogP contribution in [0.1, 0.15) is 46.0 Å². The van der Waals surface area contributed by atoms with Crippen LogP contribution in [0.15, 0.2) is 10.8 Å². The van der Waals surface area contributed by atoms with E-state index in [2.05, 4.69) is 19.6 Å². The standard InChI is InChI=1S/C16H28O2Si/c1-6-16(18,7-2)13-11-9-8-10-12(11)15(14(13)17)19(3,4)5/h11,13,18H,6-10H2,1-5H3/t11-,13+/m1/s1. The van der Waals surface area contributed by atoms with Crippen LogP contribution in [-0.4, -0.2) is 24.6 Å². The molecule has 0 aromatic rings. The molecule has 0 amide bonds. The third kappa shape index (κ3) is 2.25. The summed E-state index contributed by atoms with van der Waals surface area (Å²) in [6, 6.07) is 0. The smallest absolute Gasteiger partial charge is 0.161 e. The summed E-state index contributed by atoms with van der Waals surface area (Å²) in [5.41, 5.74) is 0.633. The van der Waals surface area contributed by atoms with Crippen LogP contribution in [0.4, 0.5) is 0 Å². The molecular weight excluding hydrogens is 252 g/mol. The number of hydrogen-bond acceptors (Lipinski definition) is 2. The second kappa shape index (κ2) is 4.85. The summed E-state index contributed by atoms with van der Waals surface area (Å²) in [6.07, 6.45) is 4.75. The molecule has 2 nitrogen and oxygen atoms in total. The average molecular weight is 280 g/mol. The summed E-state index contributed by atoms with van der Waals surface area (Å²) >= 11 is 0. The molecule has 0 aliphatic heterocycles. The summed E-state index contributed by atoms with van der Waals surface area (Å²) < 4.78 is 0. The molecule has 0 bridgehead atoms. The number of fused-ring (bicyclic) bond motifs is 1. The van der Waals surface area contributed by atoms with E-state index in [1.54, 1.807) is 0 Å². The van der Waals surface area contributed by atoms with Gasteiger partial charge in [-0.3, -0.25) is 4.79 Å². The summed E-state index contributed by atoms with van der Waals surface area (Å²) in [4.78, 5) is 12.9. The van der Waals surface area contributed by atoms with Crippen LogP contribution in [-0.2, 0) is 4.79 Å². The predicted molar refractivity (Wildman–Crippen MR) is 81.7 cm³/mol. The Hall–Kier alpha value is -0.413. The van der Waals surface area contributed by atoms with E-state index in [0.29, 0.717) is 24.5 Å². The third-order valence-electron chi connectivity index (χ3n) is 5.21. The van der Waals surface area contributed by atoms with Crippen LogP contribution >= 0.6 is 0 Å². The molecule has 108 valence electrons. The van der Waals surface area contributed by atoms with Crippen molar-refractivity contribution in [1.82, 2.24) is 0 Å². The Morgan fingerprint density at radius 3 is 2.32 bits per heavy atom. The second-order valence-corrected chi connectivity index (χ2v) is 12.3. The fourth-order valence-corrected chi connectivity index (χ4v) is 6.37. The lowest BCUT2D eigenvalue weighted by Crippen LogP contribution is -2.44. The highest BCUT2D eigenvalue weighted by atomic mass is 28.3. The minimum atomic E-state index is -1.60. The maximum Gasteiger partial charge on any atom is 0.161 e. The summed E-state index contributed by atoms with van der Waals surface area (Å²) in [7, 11) is -1.60. The van der Waals surface area contributed by atoms with Gasteiger partial charge in [0.2, 0.25) is 0 Å². The van der Waals surface area contributed by atoms with E-state index in [9.17, 15) is 9.90 Å². The van der Waals surface area contributed by atoms with Crippen molar-refractivity contribution in [2.24, 2.45) is 11.8 Å². The van der Waals surface area contributed by atoms with Gasteiger partial charge >= 0.3 is 0 Å². The molecule has 2 aliphatic rings. The lowest BCUT2D eigenvalue weighted by molar-refractivity contribution is -0.130. The van der Waals surface area contributed by atoms with E-state index in [1.165, 1.54) is 17.2 Å². The van der Waals surface area contributed by atoms with Gasteiger partial charge in [-0.2, -0.15) is 0 Å². The first-order valence-corrected chi connectivity index (χ1v) is 11.3. The van der Waals surface area contributed by atoms with Gasteiger partial charge in [0.15, 0.2) is 5.78 Å². The van der Waals surface area contributed by atoms with Crippen molar-refractivity contribution >= 4 is 13.9 Å². The van der Waals surface area contributed by atoms with Crippen molar-refractivity contribution in [2.75, 3.05) is 0 Å². The normalized spacial score (nSPS) is 28.2. The summed E-state index contributed by atoms with van der Waals surface area (Å²) in [6.45, 7) is 10.8. The Morgan fingerprint density at radius 2 is 1.84 bits per heavy atom. The highest BCUT2D eigenvalue weighted by Crippen LogP contribution is 2.52. The SMILES string of the molecule is CCC(O)(CC)[C@@H]1C(=O)C([Si](C)(C)C)=C2CCC[C@H]21. The molecule has 1 N–H and O–H groups in total. The van der Waals surface area contributed by atoms with Crippen LogP contribution in [0, 0.1) is 11.8 Å². The molecule has 0 aromatic carbocycles. The maximum atomic E-state index is 12.9. The summed E-state index contributed by atoms with van der Waals surface area (Å²) in [5, 5.41) is 12.1. The Morgan fingerprint density at radius 1 is 1.26 bits per heavy atom. The highest BCUT2D eigenvalue weighted by molar-refractivity contribution is 6.87. The number of rotatable bonds is 4. The number of carbonyl (C=O) groups excluding carboxylic acids is 1. The lowest BCUT2D eigenvalue weighted by Gasteiger charge is -2.35. The molecule has 0 unspecified atom stereocenters. The number of Topliss-reactive ketones (excluding diaryl/α,β-unsaturated/α-hetero) is 1. The Bertz CT molecular complexity index is 413. The van der Waals surface area contributed by atoms with Gasteiger partial charge in [-0.25, -0.2) is 0 Å². The molecule has 0 spiro atoms. The molecule has 1 saturated carbocycles. The maximum absolute atomic E-state index is 12.9. The number of aliphatic hydroxyl groups is 1. The van der Waals surface area contributed by atoms with Crippen LogP contribution in [0.3, 0.4) is 0 Å². The molecule has 1 fully saturated rings. The number of ketones is 1. The zero-order chi connectivity index (χ0) is 14.4. The first-order valence-electron chi connectivity index (χ1n) is 7.76. The minimum Gasteiger partial charge on any atom is -0.389 e. The van der Waals surface area contributed by atoms with Crippen LogP contribution in [0.25, 0.3) is 0 Å². The van der Waals surface area contributed by atoms with Crippen molar-refractivity contribution in [1.29, 1.82) is 0 Å². The third-order valence-corrected chi connectivity index (χ3v) is 7.28. The number of carbonyl (C=O) groups is 1. The van der Waals surface area contributed by atoms with Crippen molar-refractivity contribution in [2.45, 2.75) is 71.2 Å². The van der Waals surface area contributed by atoms with Crippen LogP contribution in [0.2, 0.25) is 19.6 Å². The fraction of sp³-hybridized carbons (Fsp3) is 0.812. The first-order chi connectivity index (χ1) is 8.76. The van der Waals surface area contributed by atoms with Crippen LogP contribution < -0.4 is 0 Å². The average Bonchev–Trinajstić information content (AvgIpc) is 2.85. The van der Waals surface area contributed by atoms with Gasteiger partial charge in [0, 0.05) is 0 Å². The van der Waals surface area contributed by atoms with Gasteiger partial charge in [0.25, 0.3) is 0 Å². The zero-order valence-corrected chi connectivity index (χ0v) is 14.0. The van der Waals surface area contributed by atoms with Crippen molar-refractivity contribution in [3.63, 3.8) is 0 Å². The van der Waals surface area contributed by atoms with Gasteiger partial charge in [0.1, 0.15) is 0 Å². The molecule has 0 saturated heterocycles. The molecule has 2 atom stereocenters. The number of allylic oxidation sites excluding steroid dienone is 2. The Balaban J connectivity index is 2.46. The van der Waals surface area contributed by atoms with Crippen molar-refractivity contribution in [3.05, 3.63) is 10.8 Å². The quantitative estimate of drug-likeness (QED) is 0.797. The fourth-order valence-electron chi connectivity index (χ4n) is 4.21. The van der Waals surface area contributed by atoms with Crippen molar-refractivity contribution < 1.29 is 9.90 Å². The van der Waals surface area contributed by atoms with E-state index in [1.807, 2.05) is 13.8 Å². The van der Waals surface area contributed by atoms with Crippen LogP contribution in [0.5, 0.6) is 0 Å². The van der Waals surface area contributed by atoms with Gasteiger partial charge in [0.05, 0.1) is 19.6 Å². The number of hydrogen-bond donors (Lipinski definition) is 1. The van der Waals surface area contributed by atoms with Crippen molar-refractivity contribution in [3.8, 4) is 0 Å². The second-order valence-electron chi connectivity index (χ2n) is 7.30. The molecule has 0 aromatic heterocycles. The minimum absolute atomic E-state index is 0.151. The molecule has 0 heterocycles. The molecule has 0 radical (unpaired) electrons. The Labute approximate surface area is 118 Å². The molecule has 2 aliphatic carbocycles. The summed E-state index contributed by atoms with van der Waals surface area (Å²) in [5.74, 6) is 0.492. The molecule has 3 heteroatoms. The van der Waals surface area contributed by atoms with Gasteiger partial charge in [-0.15, -0.1) is 0 Å². The monoisotopic (exact) mass is 280 g/mol. The lowest BCUT2D eigenvalue weighted by atomic mass is 9.74. The Kier molecular flexibility index (Phi) is 3.82. The predicted octanol–water partition coefficient (Wildman–Crippen LogP) is 3.71. The zero-order valence-electron chi connectivity index (χ0n) is 13.0. The van der Waals surface area contributed by atoms with E-state index in [-0.39, 0.29) is 5.92 Å². The van der Waals surface area contributed by atoms with E-state index < -0.39 is 13.7 Å². The first kappa shape index (κ1) is 15.0. The van der Waals surface area contributed by atoms with Gasteiger partial charge in [-0.1, -0.05) is 39.1 Å². The van der Waals surface area contributed by atoms with E-state index >= 15 is 0 Å². The topological polar surface area (TPSA) is 37.3 Å². The largest absolute Gasteiger partial charge is 0.389 e. The van der Waals surface area contributed by atoms with Gasteiger partial charge < -0.3 is 5.11 Å². The van der Waals surface area contributed by atoms with E-state index in [0.717, 1.165) is 12.8 Å². The molecular formula is C16H28O2Si. The van der Waals surface area contributed by atoms with E-state index in [4.69, 9.17) is 0 Å². The molecule has 2 rings (SSSR count). The molecule has 19 heavy (non-hydrogen) atoms.